The first-order valence-corrected chi connectivity index (χ1v) is 10.6. The number of nitrogens with zero attached hydrogens (tertiary/aromatic N) is 1. The van der Waals surface area contributed by atoms with Crippen LogP contribution in [0, 0.1) is 0 Å². The summed E-state index contributed by atoms with van der Waals surface area (Å²) in [7, 11) is 2.00. The first kappa shape index (κ1) is 17.0. The number of para-hydroxylation sites is 1. The van der Waals surface area contributed by atoms with E-state index in [1.54, 1.807) is 0 Å². The van der Waals surface area contributed by atoms with Gasteiger partial charge < -0.3 is 14.6 Å². The van der Waals surface area contributed by atoms with Crippen molar-refractivity contribution in [2.45, 2.75) is 42.3 Å². The monoisotopic (exact) mass is 376 g/mol. The fraction of sp³-hybridized carbons (Fsp3) is 0.304. The zero-order valence-electron chi connectivity index (χ0n) is 15.8. The van der Waals surface area contributed by atoms with Crippen LogP contribution >= 0.6 is 11.8 Å². The van der Waals surface area contributed by atoms with Gasteiger partial charge in [0.05, 0.1) is 10.6 Å². The predicted molar refractivity (Wildman–Crippen MR) is 113 cm³/mol. The van der Waals surface area contributed by atoms with Crippen molar-refractivity contribution >= 4 is 34.0 Å². The van der Waals surface area contributed by atoms with Crippen LogP contribution in [0.5, 0.6) is 0 Å². The van der Waals surface area contributed by atoms with Crippen LogP contribution in [0.15, 0.2) is 58.5 Å². The van der Waals surface area contributed by atoms with Crippen molar-refractivity contribution in [1.29, 1.82) is 0 Å². The highest BCUT2D eigenvalue weighted by Crippen LogP contribution is 2.52. The molecule has 0 fully saturated rings. The third-order valence-electron chi connectivity index (χ3n) is 5.44. The van der Waals surface area contributed by atoms with Crippen molar-refractivity contribution in [3.05, 3.63) is 59.7 Å². The molecule has 0 saturated heterocycles. The molecular formula is C23H24N2OS. The maximum Gasteiger partial charge on any atom is 0.134 e. The van der Waals surface area contributed by atoms with Gasteiger partial charge in [-0.2, -0.15) is 0 Å². The average Bonchev–Trinajstić information content (AvgIpc) is 3.19. The third-order valence-corrected chi connectivity index (χ3v) is 6.63. The maximum absolute atomic E-state index is 6.56. The summed E-state index contributed by atoms with van der Waals surface area (Å²) >= 11 is 1.89. The van der Waals surface area contributed by atoms with Crippen LogP contribution < -0.4 is 5.32 Å². The van der Waals surface area contributed by atoms with Gasteiger partial charge in [0.2, 0.25) is 0 Å². The van der Waals surface area contributed by atoms with Crippen LogP contribution in [0.2, 0.25) is 0 Å². The molecule has 138 valence electrons. The highest BCUT2D eigenvalue weighted by Gasteiger charge is 2.35. The van der Waals surface area contributed by atoms with E-state index in [9.17, 15) is 0 Å². The lowest BCUT2D eigenvalue weighted by Crippen LogP contribution is -2.23. The van der Waals surface area contributed by atoms with Gasteiger partial charge in [0.1, 0.15) is 11.9 Å². The Labute approximate surface area is 164 Å². The van der Waals surface area contributed by atoms with E-state index in [1.807, 2.05) is 18.8 Å². The maximum atomic E-state index is 6.56. The SMILES string of the molecule is CCCn1c2c(c3ccccc31)C1=C(CC(CNC)O1)c1ccccc1S2. The standard InChI is InChI=1S/C23H24N2OS/c1-3-12-25-19-10-6-4-9-17(19)21-22-18(13-15(26-22)14-24-2)16-8-5-7-11-20(16)27-23(21)25/h4-11,15,24H,3,12-14H2,1-2H3. The molecule has 0 aliphatic carbocycles. The van der Waals surface area contributed by atoms with Crippen LogP contribution in [0.25, 0.3) is 22.2 Å². The number of ether oxygens (including phenoxy) is 1. The summed E-state index contributed by atoms with van der Waals surface area (Å²) in [6.07, 6.45) is 2.26. The number of rotatable bonds is 4. The second kappa shape index (κ2) is 6.77. The molecule has 3 heterocycles. The summed E-state index contributed by atoms with van der Waals surface area (Å²) in [5.41, 5.74) is 5.29. The lowest BCUT2D eigenvalue weighted by Gasteiger charge is -2.15. The van der Waals surface area contributed by atoms with Crippen molar-refractivity contribution in [3.8, 4) is 0 Å². The van der Waals surface area contributed by atoms with E-state index in [-0.39, 0.29) is 6.10 Å². The van der Waals surface area contributed by atoms with E-state index in [0.717, 1.165) is 31.7 Å². The molecule has 1 unspecified atom stereocenters. The normalized spacial score (nSPS) is 18.1. The molecule has 2 aromatic carbocycles. The summed E-state index contributed by atoms with van der Waals surface area (Å²) in [6, 6.07) is 17.6. The summed E-state index contributed by atoms with van der Waals surface area (Å²) < 4.78 is 9.04. The minimum absolute atomic E-state index is 0.192. The summed E-state index contributed by atoms with van der Waals surface area (Å²) in [6.45, 7) is 4.13. The molecule has 0 radical (unpaired) electrons. The number of likely N-dealkylation sites (N-methyl/N-ethyl adjacent to an activating group) is 1. The first-order valence-electron chi connectivity index (χ1n) is 9.75. The molecule has 4 heteroatoms. The van der Waals surface area contributed by atoms with Gasteiger partial charge in [0.25, 0.3) is 0 Å². The summed E-state index contributed by atoms with van der Waals surface area (Å²) in [4.78, 5) is 1.33. The van der Waals surface area contributed by atoms with Crippen LogP contribution in [-0.2, 0) is 11.3 Å². The first-order chi connectivity index (χ1) is 13.3. The Bertz CT molecular complexity index is 1050. The van der Waals surface area contributed by atoms with Crippen molar-refractivity contribution in [2.24, 2.45) is 0 Å². The lowest BCUT2D eigenvalue weighted by molar-refractivity contribution is 0.190. The number of nitrogens with one attached hydrogen (secondary N) is 1. The van der Waals surface area contributed by atoms with E-state index < -0.39 is 0 Å². The number of aromatic nitrogens is 1. The van der Waals surface area contributed by atoms with Gasteiger partial charge in [-0.3, -0.25) is 0 Å². The molecule has 0 spiro atoms. The van der Waals surface area contributed by atoms with Gasteiger partial charge in [-0.05, 0) is 31.2 Å². The highest BCUT2D eigenvalue weighted by atomic mass is 32.2. The van der Waals surface area contributed by atoms with Gasteiger partial charge in [0.15, 0.2) is 0 Å². The highest BCUT2D eigenvalue weighted by molar-refractivity contribution is 7.99. The third kappa shape index (κ3) is 2.62. The second-order valence-electron chi connectivity index (χ2n) is 7.26. The molecule has 5 rings (SSSR count). The molecule has 3 nitrogen and oxygen atoms in total. The van der Waals surface area contributed by atoms with Gasteiger partial charge in [-0.15, -0.1) is 0 Å². The minimum Gasteiger partial charge on any atom is -0.488 e. The minimum atomic E-state index is 0.192. The molecule has 1 aromatic heterocycles. The zero-order chi connectivity index (χ0) is 18.4. The molecule has 1 N–H and O–H groups in total. The Hall–Kier alpha value is -2.17. The Kier molecular flexibility index (Phi) is 4.25. The van der Waals surface area contributed by atoms with E-state index in [4.69, 9.17) is 4.74 Å². The average molecular weight is 377 g/mol. The number of aryl methyl sites for hydroxylation is 1. The fourth-order valence-electron chi connectivity index (χ4n) is 4.34. The fourth-order valence-corrected chi connectivity index (χ4v) is 5.60. The Morgan fingerprint density at radius 2 is 1.96 bits per heavy atom. The zero-order valence-corrected chi connectivity index (χ0v) is 16.6. The van der Waals surface area contributed by atoms with Crippen molar-refractivity contribution in [3.63, 3.8) is 0 Å². The summed E-state index contributed by atoms with van der Waals surface area (Å²) in [5, 5.41) is 5.91. The summed E-state index contributed by atoms with van der Waals surface area (Å²) in [5.74, 6) is 1.09. The second-order valence-corrected chi connectivity index (χ2v) is 8.29. The van der Waals surface area contributed by atoms with Crippen molar-refractivity contribution in [2.75, 3.05) is 13.6 Å². The van der Waals surface area contributed by atoms with Crippen LogP contribution in [0.4, 0.5) is 0 Å². The Morgan fingerprint density at radius 3 is 2.81 bits per heavy atom. The quantitative estimate of drug-likeness (QED) is 0.661. The van der Waals surface area contributed by atoms with Crippen LogP contribution in [-0.4, -0.2) is 24.3 Å². The lowest BCUT2D eigenvalue weighted by atomic mass is 9.98. The molecule has 0 bridgehead atoms. The number of hydrogen-bond acceptors (Lipinski definition) is 3. The molecule has 2 aliphatic heterocycles. The smallest absolute Gasteiger partial charge is 0.134 e. The van der Waals surface area contributed by atoms with Crippen LogP contribution in [0.3, 0.4) is 0 Å². The number of hydrogen-bond donors (Lipinski definition) is 1. The molecular weight excluding hydrogens is 352 g/mol. The molecule has 3 aromatic rings. The number of fused-ring (bicyclic) bond motifs is 6. The molecule has 2 aliphatic rings. The van der Waals surface area contributed by atoms with Crippen molar-refractivity contribution in [1.82, 2.24) is 9.88 Å². The van der Waals surface area contributed by atoms with Gasteiger partial charge in [-0.25, -0.2) is 0 Å². The van der Waals surface area contributed by atoms with Gasteiger partial charge in [-0.1, -0.05) is 55.1 Å². The van der Waals surface area contributed by atoms with E-state index in [0.29, 0.717) is 0 Å². The predicted octanol–water partition coefficient (Wildman–Crippen LogP) is 5.39. The van der Waals surface area contributed by atoms with Crippen LogP contribution in [0.1, 0.15) is 30.9 Å². The van der Waals surface area contributed by atoms with E-state index in [1.165, 1.54) is 37.5 Å². The molecule has 0 amide bonds. The Morgan fingerprint density at radius 1 is 1.15 bits per heavy atom. The van der Waals surface area contributed by atoms with E-state index in [2.05, 4.69) is 65.3 Å². The molecule has 0 saturated carbocycles. The van der Waals surface area contributed by atoms with Gasteiger partial charge in [0, 0.05) is 40.9 Å². The topological polar surface area (TPSA) is 26.2 Å². The Balaban J connectivity index is 1.81. The van der Waals surface area contributed by atoms with Gasteiger partial charge >= 0.3 is 0 Å². The largest absolute Gasteiger partial charge is 0.488 e. The van der Waals surface area contributed by atoms with E-state index >= 15 is 0 Å². The molecule has 27 heavy (non-hydrogen) atoms. The van der Waals surface area contributed by atoms with Crippen molar-refractivity contribution < 1.29 is 4.74 Å². The number of benzene rings is 2. The molecule has 1 atom stereocenters.